The van der Waals surface area contributed by atoms with Gasteiger partial charge in [0.2, 0.25) is 11.9 Å². The molecular formula is C32H27BN6. The molecule has 0 radical (unpaired) electrons. The molecule has 1 saturated carbocycles. The van der Waals surface area contributed by atoms with Gasteiger partial charge in [0, 0.05) is 47.5 Å². The first kappa shape index (κ1) is 22.5. The summed E-state index contributed by atoms with van der Waals surface area (Å²) in [5, 5.41) is 0. The fraction of sp³-hybridized carbons (Fsp3) is 0.188. The first-order valence-electron chi connectivity index (χ1n) is 13.9. The predicted molar refractivity (Wildman–Crippen MR) is 157 cm³/mol. The Balaban J connectivity index is 1.47. The lowest BCUT2D eigenvalue weighted by atomic mass is 9.33. The smallest absolute Gasteiger partial charge is 0.252 e. The highest BCUT2D eigenvalue weighted by Gasteiger charge is 2.44. The highest BCUT2D eigenvalue weighted by atomic mass is 15.3. The van der Waals surface area contributed by atoms with Crippen molar-refractivity contribution in [2.24, 2.45) is 0 Å². The Hall–Kier alpha value is -4.52. The van der Waals surface area contributed by atoms with Crippen LogP contribution in [0.15, 0.2) is 97.6 Å². The van der Waals surface area contributed by atoms with Crippen LogP contribution in [-0.4, -0.2) is 26.6 Å². The van der Waals surface area contributed by atoms with E-state index in [2.05, 4.69) is 70.5 Å². The first-order valence-corrected chi connectivity index (χ1v) is 13.9. The second-order valence-electron chi connectivity index (χ2n) is 10.6. The molecule has 2 aromatic heterocycles. The van der Waals surface area contributed by atoms with Gasteiger partial charge in [-0.2, -0.15) is 0 Å². The van der Waals surface area contributed by atoms with E-state index in [0.29, 0.717) is 17.8 Å². The maximum absolute atomic E-state index is 4.74. The minimum Gasteiger partial charge on any atom is -0.280 e. The molecule has 0 atom stereocenters. The van der Waals surface area contributed by atoms with Crippen molar-refractivity contribution in [3.05, 3.63) is 103 Å². The minimum absolute atomic E-state index is 0.0859. The van der Waals surface area contributed by atoms with Gasteiger partial charge in [-0.3, -0.25) is 9.80 Å². The van der Waals surface area contributed by atoms with E-state index in [1.807, 2.05) is 36.9 Å². The third-order valence-corrected chi connectivity index (χ3v) is 8.49. The molecule has 0 unspecified atom stereocenters. The van der Waals surface area contributed by atoms with Gasteiger partial charge in [-0.1, -0.05) is 55.7 Å². The summed E-state index contributed by atoms with van der Waals surface area (Å²) < 4.78 is 0. The topological polar surface area (TPSA) is 58.0 Å². The summed E-state index contributed by atoms with van der Waals surface area (Å²) in [6.07, 6.45) is 13.6. The van der Waals surface area contributed by atoms with Crippen LogP contribution >= 0.6 is 0 Å². The normalized spacial score (nSPS) is 15.9. The Kier molecular flexibility index (Phi) is 5.21. The van der Waals surface area contributed by atoms with Gasteiger partial charge in [-0.25, -0.2) is 19.9 Å². The van der Waals surface area contributed by atoms with Crippen LogP contribution in [0.1, 0.15) is 43.6 Å². The van der Waals surface area contributed by atoms with Crippen LogP contribution < -0.4 is 26.2 Å². The van der Waals surface area contributed by atoms with Crippen molar-refractivity contribution in [2.75, 3.05) is 9.80 Å². The quantitative estimate of drug-likeness (QED) is 0.300. The van der Waals surface area contributed by atoms with Gasteiger partial charge >= 0.3 is 0 Å². The average Bonchev–Trinajstić information content (AvgIpc) is 3.02. The molecule has 188 valence electrons. The number of para-hydroxylation sites is 2. The molecule has 4 heterocycles. The molecule has 5 aromatic rings. The van der Waals surface area contributed by atoms with E-state index in [1.165, 1.54) is 54.1 Å². The molecule has 0 saturated heterocycles. The summed E-state index contributed by atoms with van der Waals surface area (Å²) >= 11 is 0. The van der Waals surface area contributed by atoms with Crippen LogP contribution in [0.3, 0.4) is 0 Å². The molecule has 3 aromatic carbocycles. The molecule has 6 nitrogen and oxygen atoms in total. The lowest BCUT2D eigenvalue weighted by Gasteiger charge is -2.43. The van der Waals surface area contributed by atoms with Crippen molar-refractivity contribution in [3.63, 3.8) is 0 Å². The Morgan fingerprint density at radius 1 is 0.564 bits per heavy atom. The van der Waals surface area contributed by atoms with Gasteiger partial charge in [0.05, 0.1) is 0 Å². The largest absolute Gasteiger partial charge is 0.280 e. The van der Waals surface area contributed by atoms with Gasteiger partial charge in [-0.15, -0.1) is 0 Å². The van der Waals surface area contributed by atoms with Crippen molar-refractivity contribution >= 4 is 57.7 Å². The van der Waals surface area contributed by atoms with E-state index in [0.717, 1.165) is 22.7 Å². The Morgan fingerprint density at radius 2 is 1.05 bits per heavy atom. The van der Waals surface area contributed by atoms with Crippen molar-refractivity contribution in [2.45, 2.75) is 38.0 Å². The van der Waals surface area contributed by atoms with Crippen molar-refractivity contribution in [3.8, 4) is 0 Å². The van der Waals surface area contributed by atoms with E-state index < -0.39 is 0 Å². The predicted octanol–water partition coefficient (Wildman–Crippen LogP) is 5.40. The number of hydrogen-bond acceptors (Lipinski definition) is 6. The fourth-order valence-corrected chi connectivity index (χ4v) is 6.83. The number of aromatic nitrogens is 4. The summed E-state index contributed by atoms with van der Waals surface area (Å²) in [4.78, 5) is 23.5. The van der Waals surface area contributed by atoms with E-state index in [1.54, 1.807) is 0 Å². The fourth-order valence-electron chi connectivity index (χ4n) is 6.83. The zero-order chi connectivity index (χ0) is 25.8. The number of anilines is 6. The summed E-state index contributed by atoms with van der Waals surface area (Å²) in [5.41, 5.74) is 9.71. The lowest BCUT2D eigenvalue weighted by molar-refractivity contribution is 0.444. The molecule has 0 bridgehead atoms. The maximum Gasteiger partial charge on any atom is 0.252 e. The lowest BCUT2D eigenvalue weighted by Crippen LogP contribution is -2.61. The molecule has 0 amide bonds. The highest BCUT2D eigenvalue weighted by Crippen LogP contribution is 2.45. The standard InChI is InChI=1S/C32H27BN6/c1-2-10-22(11-3-1)23-20-28-30-29(21-23)39(32-36-18-9-19-37-32)27-15-7-5-13-25(27)33(30)24-12-4-6-14-26(24)38(28)31-34-16-8-17-35-31/h4-9,12-22H,1-3,10-11H2. The van der Waals surface area contributed by atoms with E-state index in [4.69, 9.17) is 19.9 Å². The third-order valence-electron chi connectivity index (χ3n) is 8.49. The SMILES string of the molecule is c1cnc(N2c3ccccc3B3c4ccccc4N(c4ncccn4)c4cc(C5CCCCC5)cc2c43)nc1. The molecule has 0 N–H and O–H groups in total. The van der Waals surface area contributed by atoms with E-state index in [9.17, 15) is 0 Å². The summed E-state index contributed by atoms with van der Waals surface area (Å²) in [6.45, 7) is 0.0859. The number of fused-ring (bicyclic) bond motifs is 4. The molecule has 1 aliphatic carbocycles. The summed E-state index contributed by atoms with van der Waals surface area (Å²) in [5.74, 6) is 1.91. The van der Waals surface area contributed by atoms with Crippen molar-refractivity contribution in [1.29, 1.82) is 0 Å². The van der Waals surface area contributed by atoms with Crippen molar-refractivity contribution in [1.82, 2.24) is 19.9 Å². The number of hydrogen-bond donors (Lipinski definition) is 0. The monoisotopic (exact) mass is 506 g/mol. The average molecular weight is 506 g/mol. The highest BCUT2D eigenvalue weighted by molar-refractivity contribution is 7.00. The molecule has 1 fully saturated rings. The number of benzene rings is 3. The van der Waals surface area contributed by atoms with Crippen LogP contribution in [0, 0.1) is 0 Å². The van der Waals surface area contributed by atoms with Gasteiger partial charge in [0.1, 0.15) is 0 Å². The molecular weight excluding hydrogens is 479 g/mol. The Labute approximate surface area is 228 Å². The van der Waals surface area contributed by atoms with Gasteiger partial charge in [0.25, 0.3) is 6.71 Å². The third kappa shape index (κ3) is 3.49. The minimum atomic E-state index is 0.0859. The molecule has 3 aliphatic rings. The maximum atomic E-state index is 4.74. The molecule has 2 aliphatic heterocycles. The van der Waals surface area contributed by atoms with Crippen LogP contribution in [0.4, 0.5) is 34.6 Å². The second kappa shape index (κ2) is 9.05. The van der Waals surface area contributed by atoms with Gasteiger partial charge in [-0.05, 0) is 77.1 Å². The molecule has 0 spiro atoms. The first-order chi connectivity index (χ1) is 19.4. The van der Waals surface area contributed by atoms with Crippen molar-refractivity contribution < 1.29 is 0 Å². The Morgan fingerprint density at radius 3 is 1.56 bits per heavy atom. The second-order valence-corrected chi connectivity index (χ2v) is 10.6. The van der Waals surface area contributed by atoms with Gasteiger partial charge in [0.15, 0.2) is 0 Å². The zero-order valence-electron chi connectivity index (χ0n) is 21.6. The Bertz CT molecular complexity index is 1560. The van der Waals surface area contributed by atoms with Crippen LogP contribution in [-0.2, 0) is 0 Å². The van der Waals surface area contributed by atoms with Crippen LogP contribution in [0.25, 0.3) is 0 Å². The summed E-state index contributed by atoms with van der Waals surface area (Å²) in [6, 6.07) is 26.0. The summed E-state index contributed by atoms with van der Waals surface area (Å²) in [7, 11) is 0. The molecule has 7 heteroatoms. The molecule has 39 heavy (non-hydrogen) atoms. The number of nitrogens with zero attached hydrogens (tertiary/aromatic N) is 6. The van der Waals surface area contributed by atoms with Crippen LogP contribution in [0.5, 0.6) is 0 Å². The molecule has 8 rings (SSSR count). The number of rotatable bonds is 3. The zero-order valence-corrected chi connectivity index (χ0v) is 21.6. The van der Waals surface area contributed by atoms with Gasteiger partial charge < -0.3 is 0 Å². The van der Waals surface area contributed by atoms with Crippen LogP contribution in [0.2, 0.25) is 0 Å². The van der Waals surface area contributed by atoms with E-state index >= 15 is 0 Å². The van der Waals surface area contributed by atoms with E-state index in [-0.39, 0.29) is 6.71 Å².